The van der Waals surface area contributed by atoms with Crippen LogP contribution >= 0.6 is 0 Å². The van der Waals surface area contributed by atoms with Crippen molar-refractivity contribution in [2.75, 3.05) is 0 Å². The second-order valence-corrected chi connectivity index (χ2v) is 24.9. The second kappa shape index (κ2) is 10.0. The molecule has 0 aromatic rings. The van der Waals surface area contributed by atoms with Crippen molar-refractivity contribution in [3.63, 3.8) is 0 Å². The first-order chi connectivity index (χ1) is 23.4. The summed E-state index contributed by atoms with van der Waals surface area (Å²) in [7, 11) is 0. The van der Waals surface area contributed by atoms with Gasteiger partial charge in [-0.15, -0.1) is 0 Å². The first kappa shape index (κ1) is 34.5. The Hall–Kier alpha value is 0. The van der Waals surface area contributed by atoms with Crippen molar-refractivity contribution >= 4 is 0 Å². The second-order valence-electron chi connectivity index (χ2n) is 24.9. The summed E-state index contributed by atoms with van der Waals surface area (Å²) < 4.78 is 0. The maximum Gasteiger partial charge on any atom is -0.0198 e. The Kier molecular flexibility index (Phi) is 6.93. The van der Waals surface area contributed by atoms with Gasteiger partial charge in [0.15, 0.2) is 0 Å². The van der Waals surface area contributed by atoms with Gasteiger partial charge in [0, 0.05) is 0 Å². The molecule has 50 heavy (non-hydrogen) atoms. The maximum atomic E-state index is 2.89. The minimum atomic E-state index is 0.537. The average molecular weight is 683 g/mol. The summed E-state index contributed by atoms with van der Waals surface area (Å²) in [6.45, 7) is 38.0. The lowest BCUT2D eigenvalue weighted by molar-refractivity contribution is -0.490. The third-order valence-corrected chi connectivity index (χ3v) is 25.0. The average Bonchev–Trinajstić information content (AvgIpc) is 3.31. The third kappa shape index (κ3) is 3.20. The molecule has 0 spiro atoms. The molecule has 25 unspecified atom stereocenters. The highest BCUT2D eigenvalue weighted by atomic mass is 15.0. The smallest absolute Gasteiger partial charge is 0.0198 e. The summed E-state index contributed by atoms with van der Waals surface area (Å²) in [5, 5.41) is 0. The fourth-order valence-corrected chi connectivity index (χ4v) is 22.4. The van der Waals surface area contributed by atoms with Gasteiger partial charge in [-0.25, -0.2) is 0 Å². The largest absolute Gasteiger partial charge is 0.0651 e. The Morgan fingerprint density at radius 1 is 0.600 bits per heavy atom. The number of hydrogen-bond donors (Lipinski definition) is 0. The highest BCUT2D eigenvalue weighted by Gasteiger charge is 2.92. The Balaban J connectivity index is 0.930. The topological polar surface area (TPSA) is 0 Å². The Morgan fingerprint density at radius 2 is 1.30 bits per heavy atom. The van der Waals surface area contributed by atoms with Crippen molar-refractivity contribution in [1.82, 2.24) is 0 Å². The van der Waals surface area contributed by atoms with Crippen LogP contribution in [0.2, 0.25) is 0 Å². The molecule has 0 amide bonds. The Bertz CT molecular complexity index is 1420. The Morgan fingerprint density at radius 3 is 1.98 bits per heavy atom. The predicted molar refractivity (Wildman–Crippen MR) is 210 cm³/mol. The fourth-order valence-electron chi connectivity index (χ4n) is 22.4. The van der Waals surface area contributed by atoms with Crippen molar-refractivity contribution in [3.05, 3.63) is 0 Å². The molecule has 0 radical (unpaired) electrons. The van der Waals surface area contributed by atoms with Gasteiger partial charge in [0.05, 0.1) is 0 Å². The summed E-state index contributed by atoms with van der Waals surface area (Å²) in [6.07, 6.45) is 15.3. The van der Waals surface area contributed by atoms with Crippen LogP contribution in [0.1, 0.15) is 161 Å². The van der Waals surface area contributed by atoms with Gasteiger partial charge in [-0.1, -0.05) is 110 Å². The fraction of sp³-hybridized carbons (Fsp3) is 1.00. The van der Waals surface area contributed by atoms with Crippen LogP contribution in [0.3, 0.4) is 0 Å². The third-order valence-electron chi connectivity index (χ3n) is 25.0. The molecule has 0 bridgehead atoms. The van der Waals surface area contributed by atoms with Crippen LogP contribution in [-0.4, -0.2) is 0 Å². The van der Waals surface area contributed by atoms with Crippen LogP contribution in [0.25, 0.3) is 0 Å². The molecule has 0 aromatic heterocycles. The highest BCUT2D eigenvalue weighted by Crippen LogP contribution is 2.96. The molecule has 0 nitrogen and oxygen atoms in total. The van der Waals surface area contributed by atoms with Crippen LogP contribution in [0.4, 0.5) is 0 Å². The van der Waals surface area contributed by atoms with Crippen molar-refractivity contribution in [2.45, 2.75) is 161 Å². The van der Waals surface area contributed by atoms with Crippen molar-refractivity contribution in [2.24, 2.45) is 151 Å². The molecule has 10 rings (SSSR count). The monoisotopic (exact) mass is 683 g/mol. The molecular weight excluding hydrogens is 601 g/mol. The standard InChI is InChI=1S/C50H82/c1-15-32-38(39-41(32)49(14)44(39)40-29(7)31(9)47(40,49)12)34-23-46(11)42(34)43-37-27(5)18-20-50(30(8)25(2)3)24-33-28(6)21-26(4)22-36(33)45(50,10)19-16-17-35(37)48(43,46)13/h25-44H,15-24H2,1-14H3. The van der Waals surface area contributed by atoms with E-state index in [1.807, 2.05) is 0 Å². The van der Waals surface area contributed by atoms with E-state index in [2.05, 4.69) is 96.9 Å². The zero-order valence-electron chi connectivity index (χ0n) is 35.6. The molecule has 0 heteroatoms. The molecule has 0 N–H and O–H groups in total. The molecule has 0 aliphatic heterocycles. The highest BCUT2D eigenvalue weighted by molar-refractivity contribution is 5.39. The van der Waals surface area contributed by atoms with E-state index < -0.39 is 0 Å². The van der Waals surface area contributed by atoms with Crippen LogP contribution in [0.15, 0.2) is 0 Å². The molecule has 25 atom stereocenters. The zero-order chi connectivity index (χ0) is 35.6. The van der Waals surface area contributed by atoms with Gasteiger partial charge in [0.1, 0.15) is 0 Å². The molecule has 0 aromatic carbocycles. The molecule has 10 aliphatic carbocycles. The van der Waals surface area contributed by atoms with Crippen molar-refractivity contribution < 1.29 is 0 Å². The number of fused-ring (bicyclic) bond motifs is 17. The minimum absolute atomic E-state index is 0.537. The van der Waals surface area contributed by atoms with Crippen LogP contribution in [0.5, 0.6) is 0 Å². The van der Waals surface area contributed by atoms with E-state index in [1.165, 1.54) is 44.9 Å². The normalized spacial score (nSPS) is 68.9. The molecule has 282 valence electrons. The quantitative estimate of drug-likeness (QED) is 0.277. The lowest BCUT2D eigenvalue weighted by Crippen LogP contribution is -2.92. The van der Waals surface area contributed by atoms with E-state index in [1.54, 1.807) is 19.3 Å². The van der Waals surface area contributed by atoms with E-state index in [0.717, 1.165) is 118 Å². The zero-order valence-corrected chi connectivity index (χ0v) is 35.6. The first-order valence-electron chi connectivity index (χ1n) is 23.4. The van der Waals surface area contributed by atoms with E-state index in [9.17, 15) is 0 Å². The van der Waals surface area contributed by atoms with Crippen LogP contribution in [0, 0.1) is 151 Å². The van der Waals surface area contributed by atoms with Crippen molar-refractivity contribution in [3.8, 4) is 0 Å². The molecule has 10 fully saturated rings. The van der Waals surface area contributed by atoms with E-state index in [0.29, 0.717) is 32.5 Å². The van der Waals surface area contributed by atoms with Crippen LogP contribution < -0.4 is 0 Å². The van der Waals surface area contributed by atoms with Gasteiger partial charge < -0.3 is 0 Å². The lowest BCUT2D eigenvalue weighted by Gasteiger charge is -2.96. The van der Waals surface area contributed by atoms with Gasteiger partial charge in [0.2, 0.25) is 0 Å². The molecular formula is C50H82. The molecule has 10 aliphatic rings. The summed E-state index contributed by atoms with van der Waals surface area (Å²) in [5.41, 5.74) is 3.74. The summed E-state index contributed by atoms with van der Waals surface area (Å²) in [5.74, 6) is 20.0. The van der Waals surface area contributed by atoms with E-state index in [4.69, 9.17) is 0 Å². The SMILES string of the molecule is CCC1C(C2CC3(C)C2C2C4C(C)CCC5(C(C)C(C)C)CC6C(C)CC(C)CC6C5(C)CCCC4C23C)C2C1C1(C)C2C2C(C)C(C)C21C. The van der Waals surface area contributed by atoms with Crippen LogP contribution in [-0.2, 0) is 0 Å². The molecule has 10 saturated carbocycles. The summed E-state index contributed by atoms with van der Waals surface area (Å²) >= 11 is 0. The van der Waals surface area contributed by atoms with Gasteiger partial charge >= 0.3 is 0 Å². The first-order valence-corrected chi connectivity index (χ1v) is 23.4. The number of hydrogen-bond acceptors (Lipinski definition) is 0. The van der Waals surface area contributed by atoms with Gasteiger partial charge in [-0.05, 0) is 202 Å². The summed E-state index contributed by atoms with van der Waals surface area (Å²) in [4.78, 5) is 0. The molecule has 0 saturated heterocycles. The number of rotatable bonds is 4. The van der Waals surface area contributed by atoms with Gasteiger partial charge in [-0.2, -0.15) is 0 Å². The predicted octanol–water partition coefficient (Wildman–Crippen LogP) is 13.5. The summed E-state index contributed by atoms with van der Waals surface area (Å²) in [6, 6.07) is 0. The molecule has 0 heterocycles. The van der Waals surface area contributed by atoms with E-state index >= 15 is 0 Å². The lowest BCUT2D eigenvalue weighted by atomic mass is 9.08. The van der Waals surface area contributed by atoms with Gasteiger partial charge in [0.25, 0.3) is 0 Å². The maximum absolute atomic E-state index is 2.89. The Labute approximate surface area is 311 Å². The van der Waals surface area contributed by atoms with Crippen molar-refractivity contribution in [1.29, 1.82) is 0 Å². The van der Waals surface area contributed by atoms with E-state index in [-0.39, 0.29) is 0 Å². The minimum Gasteiger partial charge on any atom is -0.0651 e. The van der Waals surface area contributed by atoms with Gasteiger partial charge in [-0.3, -0.25) is 0 Å².